The molecule has 0 unspecified atom stereocenters. The lowest BCUT2D eigenvalue weighted by Crippen LogP contribution is -2.22. The fourth-order valence-electron chi connectivity index (χ4n) is 2.17. The molecule has 0 aliphatic heterocycles. The van der Waals surface area contributed by atoms with E-state index >= 15 is 0 Å². The molecule has 0 saturated carbocycles. The molecule has 3 N–H and O–H groups in total. The van der Waals surface area contributed by atoms with Gasteiger partial charge in [0.05, 0.1) is 12.1 Å². The number of hydrogen-bond donors (Lipinski definition) is 2. The Morgan fingerprint density at radius 1 is 1.00 bits per heavy atom. The third-order valence-corrected chi connectivity index (χ3v) is 3.18. The number of guanidine groups is 1. The van der Waals surface area contributed by atoms with E-state index in [-0.39, 0.29) is 24.0 Å². The smallest absolute Gasteiger partial charge is 0.193 e. The lowest BCUT2D eigenvalue weighted by atomic mass is 10.1. The van der Waals surface area contributed by atoms with E-state index in [1.165, 1.54) is 0 Å². The van der Waals surface area contributed by atoms with Crippen LogP contribution in [-0.4, -0.2) is 10.9 Å². The second-order valence-electron chi connectivity index (χ2n) is 4.68. The van der Waals surface area contributed by atoms with Gasteiger partial charge in [0.25, 0.3) is 0 Å². The Hall–Kier alpha value is -2.15. The van der Waals surface area contributed by atoms with Gasteiger partial charge in [0, 0.05) is 17.3 Å². The molecule has 0 spiro atoms. The molecule has 22 heavy (non-hydrogen) atoms. The third kappa shape index (κ3) is 3.94. The number of rotatable bonds is 3. The van der Waals surface area contributed by atoms with E-state index < -0.39 is 0 Å². The van der Waals surface area contributed by atoms with Crippen LogP contribution in [0.1, 0.15) is 5.56 Å². The second kappa shape index (κ2) is 7.74. The van der Waals surface area contributed by atoms with E-state index in [9.17, 15) is 0 Å². The molecule has 0 amide bonds. The number of nitrogens with one attached hydrogen (secondary N) is 1. The summed E-state index contributed by atoms with van der Waals surface area (Å²) >= 11 is 0. The third-order valence-electron chi connectivity index (χ3n) is 3.18. The van der Waals surface area contributed by atoms with Crippen molar-refractivity contribution in [3.05, 3.63) is 72.4 Å². The molecular weight excluding hydrogens is 387 g/mol. The highest BCUT2D eigenvalue weighted by Crippen LogP contribution is 2.16. The fraction of sp³-hybridized carbons (Fsp3) is 0.0588. The zero-order valence-electron chi connectivity index (χ0n) is 11.9. The predicted octanol–water partition coefficient (Wildman–Crippen LogP) is 3.78. The number of aliphatic imine (C=N–C) groups is 1. The Kier molecular flexibility index (Phi) is 5.71. The molecule has 0 fully saturated rings. The van der Waals surface area contributed by atoms with Crippen molar-refractivity contribution in [2.24, 2.45) is 10.7 Å². The first kappa shape index (κ1) is 16.2. The highest BCUT2D eigenvalue weighted by atomic mass is 127. The average molecular weight is 404 g/mol. The van der Waals surface area contributed by atoms with Crippen molar-refractivity contribution < 1.29 is 0 Å². The molecule has 5 heteroatoms. The Morgan fingerprint density at radius 2 is 1.77 bits per heavy atom. The fourth-order valence-corrected chi connectivity index (χ4v) is 2.17. The Balaban J connectivity index is 0.00000176. The Labute approximate surface area is 146 Å². The van der Waals surface area contributed by atoms with Gasteiger partial charge >= 0.3 is 0 Å². The minimum atomic E-state index is 0. The van der Waals surface area contributed by atoms with Crippen LogP contribution < -0.4 is 11.1 Å². The number of nitrogens with two attached hydrogens (primary N) is 1. The van der Waals surface area contributed by atoms with Gasteiger partial charge < -0.3 is 11.1 Å². The van der Waals surface area contributed by atoms with Crippen molar-refractivity contribution in [1.82, 2.24) is 4.98 Å². The van der Waals surface area contributed by atoms with E-state index in [1.807, 2.05) is 60.7 Å². The number of para-hydroxylation sites is 2. The lowest BCUT2D eigenvalue weighted by Gasteiger charge is -2.06. The summed E-state index contributed by atoms with van der Waals surface area (Å²) in [5.41, 5.74) is 8.87. The summed E-state index contributed by atoms with van der Waals surface area (Å²) < 4.78 is 0. The van der Waals surface area contributed by atoms with Crippen LogP contribution in [0.3, 0.4) is 0 Å². The SMILES string of the molecule is I.NC(=NCc1cccc2cccnc12)Nc1ccccc1. The van der Waals surface area contributed by atoms with Crippen LogP contribution in [0.5, 0.6) is 0 Å². The second-order valence-corrected chi connectivity index (χ2v) is 4.68. The maximum absolute atomic E-state index is 5.92. The topological polar surface area (TPSA) is 63.3 Å². The van der Waals surface area contributed by atoms with Gasteiger partial charge in [-0.05, 0) is 23.8 Å². The first-order valence-corrected chi connectivity index (χ1v) is 6.77. The van der Waals surface area contributed by atoms with Gasteiger partial charge in [-0.3, -0.25) is 4.98 Å². The van der Waals surface area contributed by atoms with Crippen molar-refractivity contribution in [3.8, 4) is 0 Å². The number of nitrogens with zero attached hydrogens (tertiary/aromatic N) is 2. The largest absolute Gasteiger partial charge is 0.370 e. The van der Waals surface area contributed by atoms with Gasteiger partial charge in [0.15, 0.2) is 5.96 Å². The van der Waals surface area contributed by atoms with Crippen molar-refractivity contribution in [3.63, 3.8) is 0 Å². The summed E-state index contributed by atoms with van der Waals surface area (Å²) in [4.78, 5) is 8.80. The monoisotopic (exact) mass is 404 g/mol. The molecule has 112 valence electrons. The van der Waals surface area contributed by atoms with Crippen molar-refractivity contribution >= 4 is 46.5 Å². The van der Waals surface area contributed by atoms with Gasteiger partial charge in [-0.1, -0.05) is 42.5 Å². The van der Waals surface area contributed by atoms with Crippen LogP contribution in [-0.2, 0) is 6.54 Å². The molecule has 0 aliphatic carbocycles. The van der Waals surface area contributed by atoms with E-state index in [4.69, 9.17) is 5.73 Å². The van der Waals surface area contributed by atoms with Crippen molar-refractivity contribution in [2.75, 3.05) is 5.32 Å². The van der Waals surface area contributed by atoms with Crippen LogP contribution in [0.4, 0.5) is 5.69 Å². The highest BCUT2D eigenvalue weighted by Gasteiger charge is 2.01. The molecule has 3 rings (SSSR count). The minimum Gasteiger partial charge on any atom is -0.370 e. The number of hydrogen-bond acceptors (Lipinski definition) is 2. The lowest BCUT2D eigenvalue weighted by molar-refractivity contribution is 1.06. The van der Waals surface area contributed by atoms with Crippen molar-refractivity contribution in [2.45, 2.75) is 6.54 Å². The molecule has 0 atom stereocenters. The molecule has 0 radical (unpaired) electrons. The predicted molar refractivity (Wildman–Crippen MR) is 103 cm³/mol. The minimum absolute atomic E-state index is 0. The maximum atomic E-state index is 5.92. The number of halogens is 1. The summed E-state index contributed by atoms with van der Waals surface area (Å²) in [6.07, 6.45) is 1.79. The van der Waals surface area contributed by atoms with Crippen molar-refractivity contribution in [1.29, 1.82) is 0 Å². The molecule has 2 aromatic carbocycles. The van der Waals surface area contributed by atoms with Gasteiger partial charge in [0.2, 0.25) is 0 Å². The molecule has 0 saturated heterocycles. The number of aromatic nitrogens is 1. The summed E-state index contributed by atoms with van der Waals surface area (Å²) in [7, 11) is 0. The summed E-state index contributed by atoms with van der Waals surface area (Å²) in [6, 6.07) is 19.8. The van der Waals surface area contributed by atoms with Crippen LogP contribution in [0.25, 0.3) is 10.9 Å². The molecule has 0 bridgehead atoms. The molecule has 0 aliphatic rings. The van der Waals surface area contributed by atoms with Crippen LogP contribution in [0.15, 0.2) is 71.9 Å². The first-order valence-electron chi connectivity index (χ1n) is 6.77. The van der Waals surface area contributed by atoms with Crippen LogP contribution >= 0.6 is 24.0 Å². The first-order chi connectivity index (χ1) is 10.3. The van der Waals surface area contributed by atoms with Gasteiger partial charge in [-0.25, -0.2) is 4.99 Å². The van der Waals surface area contributed by atoms with E-state index in [2.05, 4.69) is 15.3 Å². The van der Waals surface area contributed by atoms with Gasteiger partial charge in [0.1, 0.15) is 0 Å². The van der Waals surface area contributed by atoms with E-state index in [0.717, 1.165) is 22.2 Å². The number of pyridine rings is 1. The van der Waals surface area contributed by atoms with Gasteiger partial charge in [-0.2, -0.15) is 0 Å². The summed E-state index contributed by atoms with van der Waals surface area (Å²) in [5.74, 6) is 0.397. The standard InChI is InChI=1S/C17H16N4.HI/c18-17(21-15-9-2-1-3-10-15)20-12-14-7-4-6-13-8-5-11-19-16(13)14;/h1-11H,12H2,(H3,18,20,21);1H. The van der Waals surface area contributed by atoms with Crippen LogP contribution in [0, 0.1) is 0 Å². The van der Waals surface area contributed by atoms with E-state index in [1.54, 1.807) is 6.20 Å². The Bertz CT molecular complexity index is 766. The summed E-state index contributed by atoms with van der Waals surface area (Å²) in [6.45, 7) is 0.500. The molecular formula is C17H17IN4. The molecule has 1 heterocycles. The molecule has 1 aromatic heterocycles. The Morgan fingerprint density at radius 3 is 2.59 bits per heavy atom. The molecule has 4 nitrogen and oxygen atoms in total. The average Bonchev–Trinajstić information content (AvgIpc) is 2.54. The number of fused-ring (bicyclic) bond motifs is 1. The van der Waals surface area contributed by atoms with Gasteiger partial charge in [-0.15, -0.1) is 24.0 Å². The zero-order chi connectivity index (χ0) is 14.5. The highest BCUT2D eigenvalue weighted by molar-refractivity contribution is 14.0. The normalized spacial score (nSPS) is 11.0. The van der Waals surface area contributed by atoms with E-state index in [0.29, 0.717) is 12.5 Å². The maximum Gasteiger partial charge on any atom is 0.193 e. The molecule has 3 aromatic rings. The quantitative estimate of drug-likeness (QED) is 0.397. The summed E-state index contributed by atoms with van der Waals surface area (Å²) in [5, 5.41) is 4.18. The number of benzene rings is 2. The van der Waals surface area contributed by atoms with Crippen LogP contribution in [0.2, 0.25) is 0 Å². The zero-order valence-corrected chi connectivity index (χ0v) is 14.3. The number of anilines is 1.